The Balaban J connectivity index is 1.51. The van der Waals surface area contributed by atoms with E-state index in [9.17, 15) is 4.39 Å². The molecule has 0 bridgehead atoms. The van der Waals surface area contributed by atoms with E-state index in [0.717, 1.165) is 27.1 Å². The van der Waals surface area contributed by atoms with Crippen molar-refractivity contribution in [2.45, 2.75) is 38.6 Å². The Bertz CT molecular complexity index is 1170. The van der Waals surface area contributed by atoms with Crippen molar-refractivity contribution in [2.75, 3.05) is 18.4 Å². The number of halogens is 1. The van der Waals surface area contributed by atoms with Crippen LogP contribution in [0.5, 0.6) is 0 Å². The van der Waals surface area contributed by atoms with Gasteiger partial charge >= 0.3 is 0 Å². The number of fused-ring (bicyclic) bond motifs is 2. The van der Waals surface area contributed by atoms with Gasteiger partial charge in [-0.05, 0) is 57.1 Å². The number of nitrogens with zero attached hydrogens (tertiary/aromatic N) is 3. The SMILES string of the molecule is CCN1CCC[C@@H](c2cc3c(Nc4ccc5scnc5c4F)ccnc3s2)[C@H]1C. The summed E-state index contributed by atoms with van der Waals surface area (Å²) in [5.74, 6) is 0.225. The maximum absolute atomic E-state index is 14.9. The molecule has 4 nitrogen and oxygen atoms in total. The molecule has 1 saturated heterocycles. The van der Waals surface area contributed by atoms with Crippen LogP contribution in [0.3, 0.4) is 0 Å². The Morgan fingerprint density at radius 2 is 2.14 bits per heavy atom. The van der Waals surface area contributed by atoms with Crippen molar-refractivity contribution in [3.8, 4) is 0 Å². The summed E-state index contributed by atoms with van der Waals surface area (Å²) in [6.07, 6.45) is 4.24. The molecule has 0 aliphatic carbocycles. The molecule has 29 heavy (non-hydrogen) atoms. The first-order chi connectivity index (χ1) is 14.2. The number of pyridine rings is 1. The quantitative estimate of drug-likeness (QED) is 0.411. The molecule has 3 aromatic heterocycles. The number of thiophene rings is 1. The van der Waals surface area contributed by atoms with Crippen LogP contribution in [0.15, 0.2) is 36.0 Å². The Morgan fingerprint density at radius 3 is 3.00 bits per heavy atom. The van der Waals surface area contributed by atoms with Gasteiger partial charge in [0.2, 0.25) is 0 Å². The minimum absolute atomic E-state index is 0.302. The fourth-order valence-electron chi connectivity index (χ4n) is 4.43. The molecule has 4 aromatic rings. The van der Waals surface area contributed by atoms with Crippen LogP contribution in [0.25, 0.3) is 20.4 Å². The van der Waals surface area contributed by atoms with E-state index in [1.165, 1.54) is 35.6 Å². The highest BCUT2D eigenvalue weighted by Crippen LogP contribution is 2.40. The van der Waals surface area contributed by atoms with E-state index in [1.54, 1.807) is 29.1 Å². The summed E-state index contributed by atoms with van der Waals surface area (Å²) in [6, 6.07) is 8.42. The van der Waals surface area contributed by atoms with Gasteiger partial charge in [-0.1, -0.05) is 6.92 Å². The van der Waals surface area contributed by atoms with Crippen LogP contribution >= 0.6 is 22.7 Å². The third-order valence-electron chi connectivity index (χ3n) is 6.06. The highest BCUT2D eigenvalue weighted by atomic mass is 32.1. The predicted octanol–water partition coefficient (Wildman–Crippen LogP) is 6.38. The molecule has 0 spiro atoms. The molecule has 0 radical (unpaired) electrons. The number of likely N-dealkylation sites (tertiary alicyclic amines) is 1. The van der Waals surface area contributed by atoms with Crippen molar-refractivity contribution >= 4 is 54.5 Å². The maximum Gasteiger partial charge on any atom is 0.173 e. The van der Waals surface area contributed by atoms with Gasteiger partial charge in [-0.3, -0.25) is 0 Å². The van der Waals surface area contributed by atoms with Crippen molar-refractivity contribution in [3.05, 3.63) is 46.7 Å². The molecule has 1 aliphatic heterocycles. The highest BCUT2D eigenvalue weighted by molar-refractivity contribution is 7.18. The standard InChI is InChI=1S/C22H23FN4S2/c1-3-27-10-4-5-14(13(27)2)19-11-15-16(8-9-24-22(15)29-19)26-17-6-7-18-21(20(17)23)25-12-28-18/h6-9,11-14H,3-5,10H2,1-2H3,(H,24,26)/t13-,14-/m1/s1. The van der Waals surface area contributed by atoms with Crippen molar-refractivity contribution in [1.29, 1.82) is 0 Å². The van der Waals surface area contributed by atoms with Gasteiger partial charge in [0.05, 0.1) is 21.6 Å². The summed E-state index contributed by atoms with van der Waals surface area (Å²) >= 11 is 3.22. The third kappa shape index (κ3) is 3.31. The van der Waals surface area contributed by atoms with Gasteiger partial charge in [0, 0.05) is 28.4 Å². The third-order valence-corrected chi connectivity index (χ3v) is 8.02. The first-order valence-electron chi connectivity index (χ1n) is 10.1. The lowest BCUT2D eigenvalue weighted by Gasteiger charge is -2.38. The minimum Gasteiger partial charge on any atom is -0.352 e. The minimum atomic E-state index is -0.302. The van der Waals surface area contributed by atoms with Crippen molar-refractivity contribution in [3.63, 3.8) is 0 Å². The number of aromatic nitrogens is 2. The fraction of sp³-hybridized carbons (Fsp3) is 0.364. The summed E-state index contributed by atoms with van der Waals surface area (Å²) in [4.78, 5) is 13.7. The molecule has 1 fully saturated rings. The Kier molecular flexibility index (Phi) is 4.97. The first kappa shape index (κ1) is 18.9. The van der Waals surface area contributed by atoms with Crippen LogP contribution in [0, 0.1) is 5.82 Å². The number of hydrogen-bond donors (Lipinski definition) is 1. The summed E-state index contributed by atoms with van der Waals surface area (Å²) in [5, 5.41) is 4.35. The zero-order valence-corrected chi connectivity index (χ0v) is 18.1. The van der Waals surface area contributed by atoms with Gasteiger partial charge in [-0.2, -0.15) is 0 Å². The zero-order chi connectivity index (χ0) is 20.0. The normalized spacial score (nSPS) is 20.5. The van der Waals surface area contributed by atoms with E-state index in [0.29, 0.717) is 23.2 Å². The molecule has 2 atom stereocenters. The predicted molar refractivity (Wildman–Crippen MR) is 121 cm³/mol. The van der Waals surface area contributed by atoms with Crippen molar-refractivity contribution in [1.82, 2.24) is 14.9 Å². The van der Waals surface area contributed by atoms with Crippen LogP contribution in [-0.4, -0.2) is 34.0 Å². The molecule has 1 aromatic carbocycles. The van der Waals surface area contributed by atoms with Gasteiger partial charge in [-0.15, -0.1) is 22.7 Å². The van der Waals surface area contributed by atoms with E-state index in [2.05, 4.69) is 40.1 Å². The van der Waals surface area contributed by atoms with Gasteiger partial charge in [0.15, 0.2) is 5.82 Å². The molecule has 0 saturated carbocycles. The van der Waals surface area contributed by atoms with Gasteiger partial charge in [0.25, 0.3) is 0 Å². The molecule has 0 amide bonds. The molecule has 0 unspecified atom stereocenters. The summed E-state index contributed by atoms with van der Waals surface area (Å²) in [7, 11) is 0. The Labute approximate surface area is 177 Å². The first-order valence-corrected chi connectivity index (χ1v) is 11.8. The average molecular weight is 427 g/mol. The lowest BCUT2D eigenvalue weighted by Crippen LogP contribution is -2.41. The lowest BCUT2D eigenvalue weighted by molar-refractivity contribution is 0.148. The fourth-order valence-corrected chi connectivity index (χ4v) is 6.36. The van der Waals surface area contributed by atoms with Crippen molar-refractivity contribution < 1.29 is 4.39 Å². The summed E-state index contributed by atoms with van der Waals surface area (Å²) < 4.78 is 15.7. The second-order valence-electron chi connectivity index (χ2n) is 7.60. The molecule has 7 heteroatoms. The molecule has 150 valence electrons. The zero-order valence-electron chi connectivity index (χ0n) is 16.5. The largest absolute Gasteiger partial charge is 0.352 e. The van der Waals surface area contributed by atoms with Crippen LogP contribution in [0.1, 0.15) is 37.5 Å². The van der Waals surface area contributed by atoms with Gasteiger partial charge in [0.1, 0.15) is 10.3 Å². The number of thiazole rings is 1. The van der Waals surface area contributed by atoms with Gasteiger partial charge in [-0.25, -0.2) is 14.4 Å². The van der Waals surface area contributed by atoms with E-state index in [4.69, 9.17) is 0 Å². The molecule has 4 heterocycles. The molecule has 1 aliphatic rings. The highest BCUT2D eigenvalue weighted by Gasteiger charge is 2.29. The lowest BCUT2D eigenvalue weighted by atomic mass is 9.89. The second-order valence-corrected chi connectivity index (χ2v) is 9.54. The van der Waals surface area contributed by atoms with E-state index < -0.39 is 0 Å². The molecule has 1 N–H and O–H groups in total. The van der Waals surface area contributed by atoms with E-state index in [1.807, 2.05) is 12.1 Å². The number of hydrogen-bond acceptors (Lipinski definition) is 6. The topological polar surface area (TPSA) is 41.0 Å². The number of anilines is 2. The van der Waals surface area contributed by atoms with E-state index >= 15 is 0 Å². The molecular formula is C22H23FN4S2. The molecule has 5 rings (SSSR count). The monoisotopic (exact) mass is 426 g/mol. The van der Waals surface area contributed by atoms with Crippen molar-refractivity contribution in [2.24, 2.45) is 0 Å². The average Bonchev–Trinajstić information content (AvgIpc) is 3.38. The summed E-state index contributed by atoms with van der Waals surface area (Å²) in [5.41, 5.74) is 3.44. The smallest absolute Gasteiger partial charge is 0.173 e. The number of nitrogens with one attached hydrogen (secondary N) is 1. The van der Waals surface area contributed by atoms with Crippen LogP contribution in [0.4, 0.5) is 15.8 Å². The number of rotatable bonds is 4. The second kappa shape index (κ2) is 7.63. The number of piperidine rings is 1. The summed E-state index contributed by atoms with van der Waals surface area (Å²) in [6.45, 7) is 6.85. The maximum atomic E-state index is 14.9. The Morgan fingerprint density at radius 1 is 1.24 bits per heavy atom. The van der Waals surface area contributed by atoms with E-state index in [-0.39, 0.29) is 5.82 Å². The van der Waals surface area contributed by atoms with Crippen LogP contribution < -0.4 is 5.32 Å². The van der Waals surface area contributed by atoms with Gasteiger partial charge < -0.3 is 10.2 Å². The number of benzene rings is 1. The van der Waals surface area contributed by atoms with Crippen LogP contribution in [-0.2, 0) is 0 Å². The molecular weight excluding hydrogens is 403 g/mol. The Hall–Kier alpha value is -2.09. The van der Waals surface area contributed by atoms with Crippen LogP contribution in [0.2, 0.25) is 0 Å². The number of likely N-dealkylation sites (N-methyl/N-ethyl adjacent to an activating group) is 1.